The number of rotatable bonds is 7. The van der Waals surface area contributed by atoms with Gasteiger partial charge in [0.2, 0.25) is 5.91 Å². The van der Waals surface area contributed by atoms with Crippen LogP contribution in [0.5, 0.6) is 0 Å². The summed E-state index contributed by atoms with van der Waals surface area (Å²) in [6.07, 6.45) is 1.79. The molecule has 36 heavy (non-hydrogen) atoms. The van der Waals surface area contributed by atoms with E-state index in [2.05, 4.69) is 64.4 Å². The molecule has 1 fully saturated rings. The number of anilines is 1. The van der Waals surface area contributed by atoms with Gasteiger partial charge in [-0.2, -0.15) is 0 Å². The van der Waals surface area contributed by atoms with Gasteiger partial charge in [-0.1, -0.05) is 54.6 Å². The van der Waals surface area contributed by atoms with Crippen LogP contribution in [0, 0.1) is 13.8 Å². The van der Waals surface area contributed by atoms with Crippen molar-refractivity contribution < 1.29 is 4.79 Å². The average molecular weight is 496 g/mol. The number of nitrogens with one attached hydrogen (secondary N) is 2. The van der Waals surface area contributed by atoms with Crippen molar-refractivity contribution in [1.29, 1.82) is 0 Å². The summed E-state index contributed by atoms with van der Waals surface area (Å²) in [5, 5.41) is 6.99. The first kappa shape index (κ1) is 23.8. The zero-order valence-corrected chi connectivity index (χ0v) is 21.2. The fourth-order valence-corrected chi connectivity index (χ4v) is 5.23. The van der Waals surface area contributed by atoms with Crippen LogP contribution < -0.4 is 10.6 Å². The molecule has 1 aliphatic heterocycles. The first-order valence-corrected chi connectivity index (χ1v) is 12.5. The molecule has 7 heteroatoms. The number of aromatic nitrogens is 2. The summed E-state index contributed by atoms with van der Waals surface area (Å²) >= 11 is 5.77. The summed E-state index contributed by atoms with van der Waals surface area (Å²) in [6, 6.07) is 27.7. The number of para-hydroxylation sites is 1. The lowest BCUT2D eigenvalue weighted by atomic mass is 9.96. The van der Waals surface area contributed by atoms with E-state index >= 15 is 0 Å². The zero-order valence-electron chi connectivity index (χ0n) is 20.4. The summed E-state index contributed by atoms with van der Waals surface area (Å²) in [5.41, 5.74) is 6.35. The van der Waals surface area contributed by atoms with Crippen molar-refractivity contribution in [2.24, 2.45) is 0 Å². The van der Waals surface area contributed by atoms with Crippen molar-refractivity contribution in [2.75, 3.05) is 11.9 Å². The summed E-state index contributed by atoms with van der Waals surface area (Å²) in [6.45, 7) is 5.19. The number of benzene rings is 2. The first-order chi connectivity index (χ1) is 17.5. The van der Waals surface area contributed by atoms with Crippen molar-refractivity contribution in [3.8, 4) is 0 Å². The van der Waals surface area contributed by atoms with Gasteiger partial charge < -0.3 is 20.1 Å². The maximum Gasteiger partial charge on any atom is 0.244 e. The van der Waals surface area contributed by atoms with E-state index in [1.807, 2.05) is 59.5 Å². The Morgan fingerprint density at radius 2 is 1.69 bits per heavy atom. The van der Waals surface area contributed by atoms with Gasteiger partial charge in [-0.15, -0.1) is 0 Å². The van der Waals surface area contributed by atoms with E-state index in [0.29, 0.717) is 5.11 Å². The van der Waals surface area contributed by atoms with Gasteiger partial charge in [-0.25, -0.2) is 0 Å². The second kappa shape index (κ2) is 10.3. The molecule has 182 valence electrons. The highest BCUT2D eigenvalue weighted by Crippen LogP contribution is 2.40. The summed E-state index contributed by atoms with van der Waals surface area (Å²) in [4.78, 5) is 19.7. The highest BCUT2D eigenvalue weighted by molar-refractivity contribution is 7.80. The smallest absolute Gasteiger partial charge is 0.244 e. The molecule has 0 saturated carbocycles. The minimum absolute atomic E-state index is 0.116. The third kappa shape index (κ3) is 4.88. The van der Waals surface area contributed by atoms with E-state index in [1.54, 1.807) is 6.20 Å². The van der Waals surface area contributed by atoms with Crippen molar-refractivity contribution in [3.63, 3.8) is 0 Å². The molecular formula is C29H29N5OS. The third-order valence-electron chi connectivity index (χ3n) is 6.68. The van der Waals surface area contributed by atoms with Gasteiger partial charge in [0.05, 0.1) is 17.8 Å². The second-order valence-electron chi connectivity index (χ2n) is 9.07. The van der Waals surface area contributed by atoms with Gasteiger partial charge in [0, 0.05) is 29.8 Å². The highest BCUT2D eigenvalue weighted by atomic mass is 32.1. The van der Waals surface area contributed by atoms with Gasteiger partial charge in [-0.3, -0.25) is 9.78 Å². The highest BCUT2D eigenvalue weighted by Gasteiger charge is 2.42. The van der Waals surface area contributed by atoms with Crippen LogP contribution in [-0.4, -0.2) is 32.0 Å². The predicted octanol–water partition coefficient (Wildman–Crippen LogP) is 5.16. The number of aryl methyl sites for hydroxylation is 1. The van der Waals surface area contributed by atoms with Gasteiger partial charge in [-0.05, 0) is 67.5 Å². The summed E-state index contributed by atoms with van der Waals surface area (Å²) in [7, 11) is 0. The zero-order chi connectivity index (χ0) is 25.1. The van der Waals surface area contributed by atoms with Crippen LogP contribution in [0.2, 0.25) is 0 Å². The van der Waals surface area contributed by atoms with Crippen LogP contribution in [0.4, 0.5) is 5.69 Å². The number of carbonyl (C=O) groups is 1. The Hall–Kier alpha value is -3.97. The number of hydrogen-bond donors (Lipinski definition) is 2. The number of hydrogen-bond acceptors (Lipinski definition) is 3. The molecule has 2 atom stereocenters. The topological polar surface area (TPSA) is 62.2 Å². The Morgan fingerprint density at radius 3 is 2.39 bits per heavy atom. The first-order valence-electron chi connectivity index (χ1n) is 12.0. The molecule has 2 aromatic heterocycles. The summed E-state index contributed by atoms with van der Waals surface area (Å²) < 4.78 is 2.32. The molecular weight excluding hydrogens is 466 g/mol. The van der Waals surface area contributed by atoms with E-state index < -0.39 is 0 Å². The van der Waals surface area contributed by atoms with Gasteiger partial charge >= 0.3 is 0 Å². The average Bonchev–Trinajstić information content (AvgIpc) is 3.36. The predicted molar refractivity (Wildman–Crippen MR) is 147 cm³/mol. The monoisotopic (exact) mass is 495 g/mol. The second-order valence-corrected chi connectivity index (χ2v) is 9.45. The Labute approximate surface area is 217 Å². The molecule has 0 bridgehead atoms. The minimum Gasteiger partial charge on any atom is -0.352 e. The Balaban J connectivity index is 1.49. The molecule has 1 saturated heterocycles. The van der Waals surface area contributed by atoms with Gasteiger partial charge in [0.1, 0.15) is 6.54 Å². The Kier molecular flexibility index (Phi) is 6.82. The van der Waals surface area contributed by atoms with E-state index in [1.165, 1.54) is 5.56 Å². The number of amides is 1. The lowest BCUT2D eigenvalue weighted by Gasteiger charge is -2.27. The Bertz CT molecular complexity index is 1350. The van der Waals surface area contributed by atoms with Crippen LogP contribution >= 0.6 is 12.2 Å². The van der Waals surface area contributed by atoms with Crippen LogP contribution in [0.3, 0.4) is 0 Å². The number of nitrogens with zero attached hydrogens (tertiary/aromatic N) is 3. The summed E-state index contributed by atoms with van der Waals surface area (Å²) in [5.74, 6) is -0.116. The Morgan fingerprint density at radius 1 is 1.00 bits per heavy atom. The van der Waals surface area contributed by atoms with E-state index in [9.17, 15) is 4.79 Å². The largest absolute Gasteiger partial charge is 0.352 e. The molecule has 0 spiro atoms. The van der Waals surface area contributed by atoms with Crippen LogP contribution in [0.25, 0.3) is 0 Å². The number of carbonyl (C=O) groups excluding carboxylic acids is 1. The molecule has 3 heterocycles. The fourth-order valence-electron chi connectivity index (χ4n) is 4.93. The van der Waals surface area contributed by atoms with Crippen molar-refractivity contribution >= 4 is 28.9 Å². The van der Waals surface area contributed by atoms with Gasteiger partial charge in [0.25, 0.3) is 0 Å². The van der Waals surface area contributed by atoms with Crippen molar-refractivity contribution in [2.45, 2.75) is 32.5 Å². The molecule has 0 aliphatic carbocycles. The molecule has 4 aromatic rings. The van der Waals surface area contributed by atoms with Gasteiger partial charge in [0.15, 0.2) is 5.11 Å². The molecule has 1 aliphatic rings. The van der Waals surface area contributed by atoms with Crippen LogP contribution in [0.1, 0.15) is 40.3 Å². The number of pyridine rings is 1. The van der Waals surface area contributed by atoms with Crippen molar-refractivity contribution in [1.82, 2.24) is 19.8 Å². The molecule has 0 radical (unpaired) electrons. The van der Waals surface area contributed by atoms with Crippen LogP contribution in [-0.2, 0) is 11.3 Å². The maximum atomic E-state index is 13.1. The fraction of sp³-hybridized carbons (Fsp3) is 0.207. The maximum absolute atomic E-state index is 13.1. The molecule has 6 nitrogen and oxygen atoms in total. The van der Waals surface area contributed by atoms with E-state index in [-0.39, 0.29) is 24.5 Å². The molecule has 2 aromatic carbocycles. The molecule has 1 amide bonds. The van der Waals surface area contributed by atoms with E-state index in [4.69, 9.17) is 12.2 Å². The lowest BCUT2D eigenvalue weighted by molar-refractivity contribution is -0.116. The normalized spacial score (nSPS) is 17.2. The molecule has 2 N–H and O–H groups in total. The third-order valence-corrected chi connectivity index (χ3v) is 7.04. The number of thiocarbonyl (C=S) groups is 1. The SMILES string of the molecule is Cc1cc([C@@H]2[C@H](c3ccccn3)NC(=S)N2CC(=O)Nc2ccccc2)c(C)n1Cc1ccccc1. The van der Waals surface area contributed by atoms with E-state index in [0.717, 1.165) is 34.9 Å². The standard InChI is InChI=1S/C29H29N5OS/c1-20-17-24(21(2)33(20)18-22-11-5-3-6-12-22)28-27(25-15-9-10-16-30-25)32-29(36)34(28)19-26(35)31-23-13-7-4-8-14-23/h3-17,27-28H,18-19H2,1-2H3,(H,31,35)(H,32,36)/t27-,28+/m0/s1. The minimum atomic E-state index is -0.176. The lowest BCUT2D eigenvalue weighted by Crippen LogP contribution is -2.37. The molecule has 5 rings (SSSR count). The van der Waals surface area contributed by atoms with Crippen molar-refractivity contribution in [3.05, 3.63) is 119 Å². The molecule has 0 unspecified atom stereocenters. The van der Waals surface area contributed by atoms with Crippen LogP contribution in [0.15, 0.2) is 91.1 Å². The quantitative estimate of drug-likeness (QED) is 0.347.